The van der Waals surface area contributed by atoms with E-state index in [1.54, 1.807) is 6.08 Å². The number of carboxylic acid groups (broad SMARTS) is 1. The summed E-state index contributed by atoms with van der Waals surface area (Å²) in [5.74, 6) is -1.07. The van der Waals surface area contributed by atoms with E-state index in [1.165, 1.54) is 0 Å². The van der Waals surface area contributed by atoms with Crippen LogP contribution in [0.25, 0.3) is 0 Å². The molecular weight excluding hydrogens is 164 g/mol. The fourth-order valence-electron chi connectivity index (χ4n) is 1.49. The Morgan fingerprint density at radius 1 is 1.62 bits per heavy atom. The molecule has 0 aliphatic rings. The number of carbonyl (C=O) groups is 1. The van der Waals surface area contributed by atoms with E-state index in [4.69, 9.17) is 0 Å². The van der Waals surface area contributed by atoms with Crippen LogP contribution >= 0.6 is 0 Å². The van der Waals surface area contributed by atoms with Crippen molar-refractivity contribution in [2.45, 2.75) is 39.5 Å². The fourth-order valence-corrected chi connectivity index (χ4v) is 1.49. The molecule has 0 saturated heterocycles. The average Bonchev–Trinajstić information content (AvgIpc) is 2.05. The van der Waals surface area contributed by atoms with Crippen LogP contribution in [0.15, 0.2) is 12.7 Å². The first-order chi connectivity index (χ1) is 6.13. The van der Waals surface area contributed by atoms with Gasteiger partial charge in [0.05, 0.1) is 0 Å². The molecule has 0 aromatic rings. The molecule has 0 aromatic carbocycles. The van der Waals surface area contributed by atoms with Crippen molar-refractivity contribution in [1.82, 2.24) is 0 Å². The normalized spacial score (nSPS) is 14.9. The Morgan fingerprint density at radius 3 is 2.62 bits per heavy atom. The lowest BCUT2D eigenvalue weighted by molar-refractivity contribution is -0.313. The summed E-state index contributed by atoms with van der Waals surface area (Å²) in [6.45, 7) is 7.61. The Labute approximate surface area is 80.7 Å². The van der Waals surface area contributed by atoms with Crippen molar-refractivity contribution in [2.75, 3.05) is 0 Å². The van der Waals surface area contributed by atoms with E-state index in [2.05, 4.69) is 13.5 Å². The number of rotatable bonds is 7. The van der Waals surface area contributed by atoms with Crippen molar-refractivity contribution in [3.05, 3.63) is 12.7 Å². The maximum Gasteiger partial charge on any atom is 0.0448 e. The summed E-state index contributed by atoms with van der Waals surface area (Å²) in [5.41, 5.74) is 0. The highest BCUT2D eigenvalue weighted by atomic mass is 16.4. The number of hydrogen-bond donors (Lipinski definition) is 0. The first-order valence-electron chi connectivity index (χ1n) is 4.95. The van der Waals surface area contributed by atoms with E-state index in [-0.39, 0.29) is 11.8 Å². The van der Waals surface area contributed by atoms with Crippen LogP contribution in [0.2, 0.25) is 0 Å². The van der Waals surface area contributed by atoms with Crippen LogP contribution in [0.1, 0.15) is 39.5 Å². The molecule has 0 rings (SSSR count). The minimum Gasteiger partial charge on any atom is -0.550 e. The highest BCUT2D eigenvalue weighted by Gasteiger charge is 2.16. The van der Waals surface area contributed by atoms with Crippen molar-refractivity contribution in [1.29, 1.82) is 0 Å². The van der Waals surface area contributed by atoms with Crippen LogP contribution < -0.4 is 5.11 Å². The van der Waals surface area contributed by atoms with E-state index in [0.717, 1.165) is 25.7 Å². The molecule has 0 spiro atoms. The summed E-state index contributed by atoms with van der Waals surface area (Å²) < 4.78 is 0. The fraction of sp³-hybridized carbons (Fsp3) is 0.727. The summed E-state index contributed by atoms with van der Waals surface area (Å²) in [4.78, 5) is 10.8. The zero-order chi connectivity index (χ0) is 10.3. The van der Waals surface area contributed by atoms with Gasteiger partial charge in [-0.25, -0.2) is 0 Å². The Balaban J connectivity index is 4.06. The molecule has 13 heavy (non-hydrogen) atoms. The minimum absolute atomic E-state index is 0.147. The summed E-state index contributed by atoms with van der Waals surface area (Å²) in [5, 5.41) is 10.8. The number of aliphatic carboxylic acids is 1. The van der Waals surface area contributed by atoms with Crippen LogP contribution in [-0.2, 0) is 4.79 Å². The monoisotopic (exact) mass is 183 g/mol. The number of carbonyl (C=O) groups excluding carboxylic acids is 1. The van der Waals surface area contributed by atoms with Gasteiger partial charge in [0, 0.05) is 11.9 Å². The molecule has 0 N–H and O–H groups in total. The van der Waals surface area contributed by atoms with Gasteiger partial charge in [-0.3, -0.25) is 0 Å². The lowest BCUT2D eigenvalue weighted by Gasteiger charge is -2.23. The second kappa shape index (κ2) is 6.70. The Kier molecular flexibility index (Phi) is 6.29. The third-order valence-electron chi connectivity index (χ3n) is 2.40. The topological polar surface area (TPSA) is 40.1 Å². The molecule has 0 radical (unpaired) electrons. The van der Waals surface area contributed by atoms with Crippen molar-refractivity contribution >= 4 is 5.97 Å². The Morgan fingerprint density at radius 2 is 2.23 bits per heavy atom. The molecule has 2 nitrogen and oxygen atoms in total. The summed E-state index contributed by atoms with van der Waals surface area (Å²) >= 11 is 0. The van der Waals surface area contributed by atoms with Crippen molar-refractivity contribution in [3.8, 4) is 0 Å². The summed E-state index contributed by atoms with van der Waals surface area (Å²) in [6.07, 6.45) is 5.24. The third-order valence-corrected chi connectivity index (χ3v) is 2.40. The molecule has 0 aliphatic heterocycles. The second-order valence-electron chi connectivity index (χ2n) is 3.57. The van der Waals surface area contributed by atoms with Gasteiger partial charge in [-0.15, -0.1) is 6.58 Å². The molecule has 0 aromatic heterocycles. The van der Waals surface area contributed by atoms with Crippen LogP contribution in [0.3, 0.4) is 0 Å². The lowest BCUT2D eigenvalue weighted by atomic mass is 9.87. The molecular formula is C11H19O2-. The second-order valence-corrected chi connectivity index (χ2v) is 3.57. The first kappa shape index (κ1) is 12.2. The third kappa shape index (κ3) is 4.71. The van der Waals surface area contributed by atoms with E-state index in [9.17, 15) is 9.90 Å². The molecule has 0 amide bonds. The molecule has 2 unspecified atom stereocenters. The molecule has 0 saturated carbocycles. The number of allylic oxidation sites excluding steroid dienone is 1. The van der Waals surface area contributed by atoms with Crippen LogP contribution in [0.4, 0.5) is 0 Å². The van der Waals surface area contributed by atoms with Gasteiger partial charge in [-0.05, 0) is 18.8 Å². The highest BCUT2D eigenvalue weighted by molar-refractivity contribution is 5.67. The van der Waals surface area contributed by atoms with Gasteiger partial charge in [-0.1, -0.05) is 32.8 Å². The van der Waals surface area contributed by atoms with Crippen molar-refractivity contribution in [2.24, 2.45) is 11.8 Å². The minimum atomic E-state index is -0.914. The smallest absolute Gasteiger partial charge is 0.0448 e. The Bertz CT molecular complexity index is 163. The van der Waals surface area contributed by atoms with Crippen LogP contribution in [0.5, 0.6) is 0 Å². The van der Waals surface area contributed by atoms with Crippen molar-refractivity contribution in [3.63, 3.8) is 0 Å². The maximum absolute atomic E-state index is 10.8. The number of carboxylic acids is 1. The van der Waals surface area contributed by atoms with Gasteiger partial charge in [0.15, 0.2) is 0 Å². The lowest BCUT2D eigenvalue weighted by Crippen LogP contribution is -2.35. The van der Waals surface area contributed by atoms with Gasteiger partial charge in [0.2, 0.25) is 0 Å². The van der Waals surface area contributed by atoms with Gasteiger partial charge in [0.1, 0.15) is 0 Å². The molecule has 0 fully saturated rings. The predicted octanol–water partition coefficient (Wildman–Crippen LogP) is 1.75. The van der Waals surface area contributed by atoms with Gasteiger partial charge >= 0.3 is 0 Å². The average molecular weight is 183 g/mol. The predicted molar refractivity (Wildman–Crippen MR) is 52.0 cm³/mol. The summed E-state index contributed by atoms with van der Waals surface area (Å²) in [6, 6.07) is 0. The standard InChI is InChI=1S/C11H20O2/c1-4-6-8-10(11(12)13)9(3)7-5-2/h5,9-10H,2,4,6-8H2,1,3H3,(H,12,13)/p-1. The van der Waals surface area contributed by atoms with E-state index in [1.807, 2.05) is 6.92 Å². The van der Waals surface area contributed by atoms with Crippen LogP contribution in [0, 0.1) is 11.8 Å². The maximum atomic E-state index is 10.8. The van der Waals surface area contributed by atoms with Crippen molar-refractivity contribution < 1.29 is 9.90 Å². The molecule has 0 bridgehead atoms. The van der Waals surface area contributed by atoms with E-state index >= 15 is 0 Å². The van der Waals surface area contributed by atoms with Gasteiger partial charge < -0.3 is 9.90 Å². The SMILES string of the molecule is C=CCC(C)C(CCCC)C(=O)[O-]. The number of hydrogen-bond acceptors (Lipinski definition) is 2. The quantitative estimate of drug-likeness (QED) is 0.564. The van der Waals surface area contributed by atoms with Gasteiger partial charge in [0.25, 0.3) is 0 Å². The number of unbranched alkanes of at least 4 members (excludes halogenated alkanes) is 1. The molecule has 0 aliphatic carbocycles. The first-order valence-corrected chi connectivity index (χ1v) is 4.95. The molecule has 2 atom stereocenters. The summed E-state index contributed by atoms with van der Waals surface area (Å²) in [7, 11) is 0. The highest BCUT2D eigenvalue weighted by Crippen LogP contribution is 2.21. The largest absolute Gasteiger partial charge is 0.550 e. The van der Waals surface area contributed by atoms with Gasteiger partial charge in [-0.2, -0.15) is 0 Å². The van der Waals surface area contributed by atoms with E-state index in [0.29, 0.717) is 0 Å². The molecule has 0 heterocycles. The zero-order valence-electron chi connectivity index (χ0n) is 8.58. The van der Waals surface area contributed by atoms with Crippen LogP contribution in [-0.4, -0.2) is 5.97 Å². The van der Waals surface area contributed by atoms with E-state index < -0.39 is 5.97 Å². The Hall–Kier alpha value is -0.790. The molecule has 2 heteroatoms. The zero-order valence-corrected chi connectivity index (χ0v) is 8.58. The molecule has 76 valence electrons.